The number of carbonyl (C=O) groups excluding carboxylic acids is 1. The van der Waals surface area contributed by atoms with E-state index in [0.717, 1.165) is 25.9 Å². The minimum Gasteiger partial charge on any atom is -0.336 e. The van der Waals surface area contributed by atoms with E-state index in [9.17, 15) is 4.79 Å². The number of piperidine rings is 1. The van der Waals surface area contributed by atoms with Crippen molar-refractivity contribution in [3.8, 4) is 0 Å². The SMILES string of the molecule is Cc1cc(C)cc(/C=C/C2CCN(C(=O)c3ncn[nH]3)CC2)c1. The number of nitrogens with one attached hydrogen (secondary N) is 1. The Labute approximate surface area is 136 Å². The number of benzene rings is 1. The Bertz CT molecular complexity index is 678. The van der Waals surface area contributed by atoms with Crippen LogP contribution >= 0.6 is 0 Å². The van der Waals surface area contributed by atoms with Crippen LogP contribution in [0.5, 0.6) is 0 Å². The van der Waals surface area contributed by atoms with Gasteiger partial charge in [0, 0.05) is 13.1 Å². The lowest BCUT2D eigenvalue weighted by molar-refractivity contribution is 0.0693. The van der Waals surface area contributed by atoms with E-state index in [2.05, 4.69) is 59.4 Å². The fourth-order valence-electron chi connectivity index (χ4n) is 3.11. The summed E-state index contributed by atoms with van der Waals surface area (Å²) in [6.45, 7) is 5.78. The fourth-order valence-corrected chi connectivity index (χ4v) is 3.11. The third kappa shape index (κ3) is 3.86. The van der Waals surface area contributed by atoms with Crippen LogP contribution < -0.4 is 0 Å². The molecule has 0 spiro atoms. The summed E-state index contributed by atoms with van der Waals surface area (Å²) in [5, 5.41) is 6.37. The first-order valence-corrected chi connectivity index (χ1v) is 8.03. The van der Waals surface area contributed by atoms with Gasteiger partial charge in [0.1, 0.15) is 6.33 Å². The van der Waals surface area contributed by atoms with Crippen molar-refractivity contribution in [1.29, 1.82) is 0 Å². The Morgan fingerprint density at radius 2 is 1.91 bits per heavy atom. The summed E-state index contributed by atoms with van der Waals surface area (Å²) in [7, 11) is 0. The molecule has 23 heavy (non-hydrogen) atoms. The van der Waals surface area contributed by atoms with Gasteiger partial charge in [0.25, 0.3) is 5.91 Å². The monoisotopic (exact) mass is 310 g/mol. The maximum Gasteiger partial charge on any atom is 0.291 e. The van der Waals surface area contributed by atoms with E-state index in [1.165, 1.54) is 23.0 Å². The summed E-state index contributed by atoms with van der Waals surface area (Å²) in [5.74, 6) is 0.795. The Hall–Kier alpha value is -2.43. The van der Waals surface area contributed by atoms with E-state index in [4.69, 9.17) is 0 Å². The Balaban J connectivity index is 1.56. The summed E-state index contributed by atoms with van der Waals surface area (Å²) >= 11 is 0. The van der Waals surface area contributed by atoms with Crippen LogP contribution in [0.25, 0.3) is 6.08 Å². The van der Waals surface area contributed by atoms with E-state index >= 15 is 0 Å². The van der Waals surface area contributed by atoms with Crippen molar-refractivity contribution in [2.45, 2.75) is 26.7 Å². The van der Waals surface area contributed by atoms with Crippen molar-refractivity contribution in [2.75, 3.05) is 13.1 Å². The summed E-state index contributed by atoms with van der Waals surface area (Å²) in [6.07, 6.45) is 7.83. The van der Waals surface area contributed by atoms with Crippen LogP contribution in [0.4, 0.5) is 0 Å². The molecule has 5 heteroatoms. The molecule has 0 saturated carbocycles. The van der Waals surface area contributed by atoms with Gasteiger partial charge in [-0.1, -0.05) is 41.5 Å². The molecule has 2 aromatic rings. The molecular weight excluding hydrogens is 288 g/mol. The third-order valence-corrected chi connectivity index (χ3v) is 4.25. The number of hydrogen-bond donors (Lipinski definition) is 1. The quantitative estimate of drug-likeness (QED) is 0.948. The molecule has 1 aliphatic heterocycles. The van der Waals surface area contributed by atoms with Gasteiger partial charge in [-0.05, 0) is 38.2 Å². The van der Waals surface area contributed by atoms with E-state index in [0.29, 0.717) is 11.7 Å². The summed E-state index contributed by atoms with van der Waals surface area (Å²) in [4.78, 5) is 18.0. The number of likely N-dealkylation sites (tertiary alicyclic amines) is 1. The van der Waals surface area contributed by atoms with Crippen LogP contribution in [-0.4, -0.2) is 39.1 Å². The Morgan fingerprint density at radius 3 is 2.52 bits per heavy atom. The van der Waals surface area contributed by atoms with Gasteiger partial charge in [-0.25, -0.2) is 4.98 Å². The first-order chi connectivity index (χ1) is 11.1. The molecule has 2 heterocycles. The average molecular weight is 310 g/mol. The van der Waals surface area contributed by atoms with Gasteiger partial charge in [-0.2, -0.15) is 5.10 Å². The van der Waals surface area contributed by atoms with E-state index in [1.54, 1.807) is 0 Å². The topological polar surface area (TPSA) is 61.9 Å². The number of nitrogens with zero attached hydrogens (tertiary/aromatic N) is 3. The van der Waals surface area contributed by atoms with Crippen molar-refractivity contribution in [3.63, 3.8) is 0 Å². The van der Waals surface area contributed by atoms with Gasteiger partial charge >= 0.3 is 0 Å². The number of H-pyrrole nitrogens is 1. The number of aryl methyl sites for hydroxylation is 2. The number of allylic oxidation sites excluding steroid dienone is 1. The molecule has 120 valence electrons. The first-order valence-electron chi connectivity index (χ1n) is 8.03. The largest absolute Gasteiger partial charge is 0.336 e. The lowest BCUT2D eigenvalue weighted by Gasteiger charge is -2.30. The van der Waals surface area contributed by atoms with Crippen molar-refractivity contribution < 1.29 is 4.79 Å². The minimum absolute atomic E-state index is 0.0563. The maximum atomic E-state index is 12.2. The van der Waals surface area contributed by atoms with Crippen LogP contribution in [-0.2, 0) is 0 Å². The highest BCUT2D eigenvalue weighted by atomic mass is 16.2. The molecule has 1 N–H and O–H groups in total. The number of hydrogen-bond acceptors (Lipinski definition) is 3. The number of aromatic amines is 1. The molecule has 5 nitrogen and oxygen atoms in total. The second-order valence-electron chi connectivity index (χ2n) is 6.24. The zero-order chi connectivity index (χ0) is 16.2. The van der Waals surface area contributed by atoms with Crippen molar-refractivity contribution >= 4 is 12.0 Å². The molecule has 0 radical (unpaired) electrons. The van der Waals surface area contributed by atoms with Crippen LogP contribution in [0.15, 0.2) is 30.6 Å². The highest BCUT2D eigenvalue weighted by molar-refractivity contribution is 5.90. The molecule has 1 saturated heterocycles. The van der Waals surface area contributed by atoms with Crippen LogP contribution in [0.1, 0.15) is 40.2 Å². The van der Waals surface area contributed by atoms with Crippen LogP contribution in [0, 0.1) is 19.8 Å². The summed E-state index contributed by atoms with van der Waals surface area (Å²) in [6, 6.07) is 6.59. The van der Waals surface area contributed by atoms with Gasteiger partial charge in [0.2, 0.25) is 5.82 Å². The molecule has 1 aromatic carbocycles. The van der Waals surface area contributed by atoms with Crippen LogP contribution in [0.2, 0.25) is 0 Å². The van der Waals surface area contributed by atoms with E-state index < -0.39 is 0 Å². The lowest BCUT2D eigenvalue weighted by Crippen LogP contribution is -2.38. The smallest absolute Gasteiger partial charge is 0.291 e. The van der Waals surface area contributed by atoms with E-state index in [-0.39, 0.29) is 5.91 Å². The molecular formula is C18H22N4O. The average Bonchev–Trinajstić information content (AvgIpc) is 3.06. The number of aromatic nitrogens is 3. The molecule has 1 fully saturated rings. The fraction of sp³-hybridized carbons (Fsp3) is 0.389. The van der Waals surface area contributed by atoms with Crippen molar-refractivity contribution in [3.05, 3.63) is 53.1 Å². The first kappa shape index (κ1) is 15.5. The highest BCUT2D eigenvalue weighted by Crippen LogP contribution is 2.21. The molecule has 1 amide bonds. The normalized spacial score (nSPS) is 16.2. The molecule has 0 unspecified atom stereocenters. The van der Waals surface area contributed by atoms with Crippen molar-refractivity contribution in [2.24, 2.45) is 5.92 Å². The summed E-state index contributed by atoms with van der Waals surface area (Å²) in [5.41, 5.74) is 3.83. The zero-order valence-corrected chi connectivity index (χ0v) is 13.6. The number of carbonyl (C=O) groups is 1. The van der Waals surface area contributed by atoms with Gasteiger partial charge in [0.15, 0.2) is 0 Å². The number of amides is 1. The van der Waals surface area contributed by atoms with Crippen molar-refractivity contribution in [1.82, 2.24) is 20.1 Å². The molecule has 0 atom stereocenters. The van der Waals surface area contributed by atoms with Crippen LogP contribution in [0.3, 0.4) is 0 Å². The minimum atomic E-state index is -0.0563. The molecule has 1 aliphatic rings. The standard InChI is InChI=1S/C18H22N4O/c1-13-9-14(2)11-16(10-13)4-3-15-5-7-22(8-6-15)18(23)17-19-12-20-21-17/h3-4,9-12,15H,5-8H2,1-2H3,(H,19,20,21)/b4-3+. The van der Waals surface area contributed by atoms with Gasteiger partial charge in [0.05, 0.1) is 0 Å². The zero-order valence-electron chi connectivity index (χ0n) is 13.6. The van der Waals surface area contributed by atoms with E-state index in [1.807, 2.05) is 4.90 Å². The molecule has 1 aromatic heterocycles. The predicted molar refractivity (Wildman–Crippen MR) is 90.0 cm³/mol. The maximum absolute atomic E-state index is 12.2. The second-order valence-corrected chi connectivity index (χ2v) is 6.24. The Morgan fingerprint density at radius 1 is 1.22 bits per heavy atom. The second kappa shape index (κ2) is 6.77. The summed E-state index contributed by atoms with van der Waals surface area (Å²) < 4.78 is 0. The van der Waals surface area contributed by atoms with Gasteiger partial charge in [-0.3, -0.25) is 9.89 Å². The highest BCUT2D eigenvalue weighted by Gasteiger charge is 2.23. The molecule has 0 bridgehead atoms. The third-order valence-electron chi connectivity index (χ3n) is 4.25. The predicted octanol–water partition coefficient (Wildman–Crippen LogP) is 2.99. The molecule has 0 aliphatic carbocycles. The Kier molecular flexibility index (Phi) is 4.55. The number of rotatable bonds is 3. The van der Waals surface area contributed by atoms with Gasteiger partial charge in [-0.15, -0.1) is 0 Å². The lowest BCUT2D eigenvalue weighted by atomic mass is 9.95. The van der Waals surface area contributed by atoms with Gasteiger partial charge < -0.3 is 4.90 Å². The molecule has 3 rings (SSSR count).